The number of imide groups is 1. The van der Waals surface area contributed by atoms with Crippen molar-refractivity contribution in [3.8, 4) is 5.75 Å². The minimum atomic E-state index is -1.15. The van der Waals surface area contributed by atoms with Crippen LogP contribution in [0.15, 0.2) is 77.8 Å². The molecule has 2 amide bonds. The molecule has 0 saturated carbocycles. The lowest BCUT2D eigenvalue weighted by Crippen LogP contribution is -2.44. The van der Waals surface area contributed by atoms with Crippen molar-refractivity contribution in [2.45, 2.75) is 39.7 Å². The highest BCUT2D eigenvalue weighted by Crippen LogP contribution is 2.52. The zero-order valence-corrected chi connectivity index (χ0v) is 22.2. The zero-order chi connectivity index (χ0) is 27.4. The fourth-order valence-electron chi connectivity index (χ4n) is 6.58. The molecule has 8 heteroatoms. The first-order chi connectivity index (χ1) is 18.7. The third kappa shape index (κ3) is 4.34. The summed E-state index contributed by atoms with van der Waals surface area (Å²) in [5.41, 5.74) is 6.29. The summed E-state index contributed by atoms with van der Waals surface area (Å²) in [7, 11) is -1.15. The van der Waals surface area contributed by atoms with Crippen LogP contribution in [0.5, 0.6) is 5.75 Å². The number of phenolic OH excluding ortho intramolecular Hbond substituents is 1. The molecule has 3 N–H and O–H groups in total. The van der Waals surface area contributed by atoms with E-state index in [1.165, 1.54) is 4.90 Å². The van der Waals surface area contributed by atoms with Gasteiger partial charge in [0.05, 0.1) is 23.6 Å². The maximum atomic E-state index is 13.9. The van der Waals surface area contributed by atoms with Crippen LogP contribution in [0.4, 0.5) is 17.1 Å². The third-order valence-electron chi connectivity index (χ3n) is 8.43. The Hall–Kier alpha value is -3.88. The van der Waals surface area contributed by atoms with Gasteiger partial charge in [-0.1, -0.05) is 23.8 Å². The molecule has 0 spiro atoms. The maximum Gasteiger partial charge on any atom is 0.487 e. The van der Waals surface area contributed by atoms with Crippen LogP contribution in [0.3, 0.4) is 0 Å². The Labute approximate surface area is 228 Å². The van der Waals surface area contributed by atoms with Gasteiger partial charge in [0, 0.05) is 11.4 Å². The van der Waals surface area contributed by atoms with Crippen LogP contribution in [-0.4, -0.2) is 29.1 Å². The number of para-hydroxylation sites is 1. The number of fused-ring (bicyclic) bond motifs is 3. The Bertz CT molecular complexity index is 1460. The van der Waals surface area contributed by atoms with Crippen LogP contribution in [0.25, 0.3) is 0 Å². The molecule has 4 atom stereocenters. The normalized spacial score (nSPS) is 24.6. The van der Waals surface area contributed by atoms with Gasteiger partial charge in [-0.05, 0) is 110 Å². The number of anilines is 3. The smallest absolute Gasteiger partial charge is 0.487 e. The average molecular weight is 522 g/mol. The first-order valence-electron chi connectivity index (χ1n) is 13.4. The van der Waals surface area contributed by atoms with Crippen molar-refractivity contribution in [2.75, 3.05) is 10.2 Å². The van der Waals surface area contributed by atoms with E-state index in [-0.39, 0.29) is 23.5 Å². The van der Waals surface area contributed by atoms with Crippen LogP contribution in [-0.2, 0) is 14.2 Å². The van der Waals surface area contributed by atoms with Crippen molar-refractivity contribution in [3.05, 3.63) is 94.5 Å². The molecule has 2 saturated heterocycles. The molecular formula is C31H31BN2O5. The van der Waals surface area contributed by atoms with Crippen LogP contribution in [0.1, 0.15) is 42.6 Å². The van der Waals surface area contributed by atoms with Gasteiger partial charge in [-0.15, -0.1) is 0 Å². The van der Waals surface area contributed by atoms with E-state index >= 15 is 0 Å². The molecule has 2 aliphatic heterocycles. The number of amides is 2. The molecular weight excluding hydrogens is 491 g/mol. The molecule has 1 aliphatic carbocycles. The van der Waals surface area contributed by atoms with Crippen LogP contribution < -0.4 is 10.2 Å². The number of phenols is 1. The summed E-state index contributed by atoms with van der Waals surface area (Å²) in [6.45, 7) is 5.58. The molecule has 3 aromatic carbocycles. The number of carbonyl (C=O) groups is 2. The van der Waals surface area contributed by atoms with Crippen molar-refractivity contribution in [1.29, 1.82) is 0 Å². The lowest BCUT2D eigenvalue weighted by molar-refractivity contribution is -0.123. The molecule has 198 valence electrons. The number of hydrogen-bond donors (Lipinski definition) is 3. The predicted octanol–water partition coefficient (Wildman–Crippen LogP) is 5.38. The number of hydrogen-bond acceptors (Lipinski definition) is 6. The number of nitrogens with one attached hydrogen (secondary N) is 1. The van der Waals surface area contributed by atoms with Gasteiger partial charge < -0.3 is 20.1 Å². The second-order valence-electron chi connectivity index (χ2n) is 10.9. The zero-order valence-electron chi connectivity index (χ0n) is 22.2. The number of nitrogens with zero attached hydrogens (tertiary/aromatic N) is 1. The summed E-state index contributed by atoms with van der Waals surface area (Å²) >= 11 is 0. The number of aromatic hydroxyl groups is 1. The van der Waals surface area contributed by atoms with Gasteiger partial charge in [0.15, 0.2) is 0 Å². The van der Waals surface area contributed by atoms with E-state index in [0.717, 1.165) is 39.1 Å². The highest BCUT2D eigenvalue weighted by molar-refractivity contribution is 6.53. The molecule has 3 aromatic rings. The van der Waals surface area contributed by atoms with E-state index in [4.69, 9.17) is 4.65 Å². The number of benzene rings is 3. The van der Waals surface area contributed by atoms with Crippen molar-refractivity contribution in [1.82, 2.24) is 0 Å². The highest BCUT2D eigenvalue weighted by Gasteiger charge is 2.57. The topological polar surface area (TPSA) is 99.1 Å². The molecule has 6 rings (SSSR count). The highest BCUT2D eigenvalue weighted by atomic mass is 16.5. The van der Waals surface area contributed by atoms with Gasteiger partial charge in [-0.3, -0.25) is 14.5 Å². The lowest BCUT2D eigenvalue weighted by atomic mass is 9.55. The largest absolute Gasteiger partial charge is 0.507 e. The average Bonchev–Trinajstić information content (AvgIpc) is 3.17. The van der Waals surface area contributed by atoms with Crippen molar-refractivity contribution < 1.29 is 24.4 Å². The van der Waals surface area contributed by atoms with E-state index in [1.54, 1.807) is 12.1 Å². The number of aryl methyl sites for hydroxylation is 2. The Balaban J connectivity index is 1.29. The number of allylic oxidation sites excluding steroid dienone is 2. The molecule has 0 aromatic heterocycles. The van der Waals surface area contributed by atoms with Gasteiger partial charge >= 0.3 is 7.12 Å². The summed E-state index contributed by atoms with van der Waals surface area (Å²) in [5.74, 6) is -1.52. The lowest BCUT2D eigenvalue weighted by Gasteiger charge is -2.41. The van der Waals surface area contributed by atoms with Crippen LogP contribution in [0.2, 0.25) is 0 Å². The number of rotatable bonds is 4. The molecule has 0 unspecified atom stereocenters. The molecule has 7 nitrogen and oxygen atoms in total. The first kappa shape index (κ1) is 25.4. The second kappa shape index (κ2) is 9.70. The van der Waals surface area contributed by atoms with Crippen LogP contribution in [0, 0.1) is 31.6 Å². The molecule has 2 heterocycles. The van der Waals surface area contributed by atoms with Gasteiger partial charge in [-0.25, -0.2) is 0 Å². The molecule has 39 heavy (non-hydrogen) atoms. The summed E-state index contributed by atoms with van der Waals surface area (Å²) in [6.07, 6.45) is 0.438. The fraction of sp³-hybridized carbons (Fsp3) is 0.290. The van der Waals surface area contributed by atoms with E-state index in [9.17, 15) is 19.7 Å². The fourth-order valence-corrected chi connectivity index (χ4v) is 6.58. The summed E-state index contributed by atoms with van der Waals surface area (Å²) < 4.78 is 6.05. The summed E-state index contributed by atoms with van der Waals surface area (Å²) in [4.78, 5) is 28.9. The Morgan fingerprint density at radius 2 is 1.54 bits per heavy atom. The van der Waals surface area contributed by atoms with Crippen molar-refractivity contribution >= 4 is 36.0 Å². The van der Waals surface area contributed by atoms with Gasteiger partial charge in [-0.2, -0.15) is 0 Å². The standard InChI is InChI=1S/C31H31BN2O5/c1-17-15-25-27(24-16-26(39-32(38)28(17)24)20-13-18(2)29(35)19(3)14-20)31(37)34(30(25)36)23-11-9-22(10-12-23)33-21-7-5-4-6-8-21/h4-14,24-27,33,35,38H,15-16H2,1-3H3/t24-,25-,26-,27+/m0/s1. The first-order valence-corrected chi connectivity index (χ1v) is 13.4. The quantitative estimate of drug-likeness (QED) is 0.315. The molecule has 2 fully saturated rings. The monoisotopic (exact) mass is 522 g/mol. The van der Waals surface area contributed by atoms with Crippen molar-refractivity contribution in [2.24, 2.45) is 17.8 Å². The van der Waals surface area contributed by atoms with E-state index < -0.39 is 25.1 Å². The maximum absolute atomic E-state index is 13.9. The van der Waals surface area contributed by atoms with Crippen molar-refractivity contribution in [3.63, 3.8) is 0 Å². The predicted molar refractivity (Wildman–Crippen MR) is 150 cm³/mol. The SMILES string of the molecule is CC1=C2B(O)O[C@H](c3cc(C)c(O)c(C)c3)C[C@H]2[C@H]2C(=O)N(c3ccc(Nc4ccccc4)cc3)C(=O)[C@H]2C1. The molecule has 0 bridgehead atoms. The Morgan fingerprint density at radius 3 is 2.21 bits per heavy atom. The second-order valence-corrected chi connectivity index (χ2v) is 10.9. The van der Waals surface area contributed by atoms with Gasteiger partial charge in [0.25, 0.3) is 0 Å². The third-order valence-corrected chi connectivity index (χ3v) is 8.43. The Morgan fingerprint density at radius 1 is 0.897 bits per heavy atom. The van der Waals surface area contributed by atoms with Crippen LogP contribution >= 0.6 is 0 Å². The minimum absolute atomic E-state index is 0.193. The van der Waals surface area contributed by atoms with Gasteiger partial charge in [0.1, 0.15) is 5.75 Å². The van der Waals surface area contributed by atoms with Gasteiger partial charge in [0.2, 0.25) is 11.8 Å². The van der Waals surface area contributed by atoms with E-state index in [0.29, 0.717) is 18.5 Å². The Kier molecular flexibility index (Phi) is 6.32. The summed E-state index contributed by atoms with van der Waals surface area (Å²) in [6, 6.07) is 20.8. The minimum Gasteiger partial charge on any atom is -0.507 e. The molecule has 0 radical (unpaired) electrons. The van der Waals surface area contributed by atoms with E-state index in [2.05, 4.69) is 5.32 Å². The molecule has 3 aliphatic rings. The number of carbonyl (C=O) groups excluding carboxylic acids is 2. The summed E-state index contributed by atoms with van der Waals surface area (Å²) in [5, 5.41) is 24.6. The van der Waals surface area contributed by atoms with E-state index in [1.807, 2.05) is 75.4 Å².